The van der Waals surface area contributed by atoms with Crippen molar-refractivity contribution < 1.29 is 8.78 Å². The predicted octanol–water partition coefficient (Wildman–Crippen LogP) is 3.56. The summed E-state index contributed by atoms with van der Waals surface area (Å²) in [5.41, 5.74) is 8.64. The first kappa shape index (κ1) is 26.1. The maximum atomic E-state index is 13.2. The molecule has 10 heteroatoms. The number of nitrogens with one attached hydrogen (secondary N) is 2. The third-order valence-electron chi connectivity index (χ3n) is 4.90. The number of halogens is 3. The molecule has 0 atom stereocenters. The molecule has 0 aliphatic rings. The molecule has 174 valence electrons. The topological polar surface area (TPSA) is 104 Å². The van der Waals surface area contributed by atoms with Crippen LogP contribution in [0.25, 0.3) is 5.69 Å². The molecule has 4 N–H and O–H groups in total. The van der Waals surface area contributed by atoms with Crippen molar-refractivity contribution >= 4 is 35.8 Å². The average Bonchev–Trinajstić information content (AvgIpc) is 3.12. The first-order valence-corrected chi connectivity index (χ1v) is 10.2. The van der Waals surface area contributed by atoms with Crippen LogP contribution in [0.3, 0.4) is 0 Å². The van der Waals surface area contributed by atoms with E-state index in [9.17, 15) is 14.0 Å². The molecule has 0 saturated carbocycles. The molecule has 0 unspecified atom stereocenters. The molecule has 3 aromatic rings. The molecule has 2 aromatic carbocycles. The molecule has 0 bridgehead atoms. The second kappa shape index (κ2) is 12.7. The summed E-state index contributed by atoms with van der Waals surface area (Å²) in [5, 5.41) is 20.4. The van der Waals surface area contributed by atoms with Gasteiger partial charge in [0.15, 0.2) is 5.96 Å². The number of anilines is 1. The Balaban J connectivity index is 0.00000385. The number of hydrogen-bond donors (Lipinski definition) is 3. The number of aliphatic imine (C=N–C) groups is 1. The van der Waals surface area contributed by atoms with Crippen molar-refractivity contribution in [2.24, 2.45) is 4.99 Å². The Labute approximate surface area is 208 Å². The monoisotopic (exact) mass is 565 g/mol. The van der Waals surface area contributed by atoms with E-state index in [0.29, 0.717) is 48.8 Å². The second-order valence-corrected chi connectivity index (χ2v) is 7.11. The lowest BCUT2D eigenvalue weighted by molar-refractivity contribution is 0.626. The standard InChI is InChI=1S/C23H25F2N7.HI/c1-28-23(30-14-12-16-4-6-17(24)7-5-16)29-13-2-3-21-20(15-26)22(27)32(31-21)19-10-8-18(25)9-11-19;/h4-11H,2-3,12-14,27H2,1H3,(H2,28,29,30);1H. The molecule has 0 fully saturated rings. The van der Waals surface area contributed by atoms with Crippen molar-refractivity contribution in [3.8, 4) is 11.8 Å². The largest absolute Gasteiger partial charge is 0.382 e. The number of hydrogen-bond acceptors (Lipinski definition) is 4. The van der Waals surface area contributed by atoms with Crippen molar-refractivity contribution in [3.63, 3.8) is 0 Å². The maximum Gasteiger partial charge on any atom is 0.190 e. The number of aryl methyl sites for hydroxylation is 1. The van der Waals surface area contributed by atoms with Gasteiger partial charge >= 0.3 is 0 Å². The number of nitriles is 1. The van der Waals surface area contributed by atoms with Crippen LogP contribution in [0.15, 0.2) is 53.5 Å². The summed E-state index contributed by atoms with van der Waals surface area (Å²) in [6.07, 6.45) is 1.99. The highest BCUT2D eigenvalue weighted by Gasteiger charge is 2.16. The SMILES string of the molecule is CN=C(NCCCc1nn(-c2ccc(F)cc2)c(N)c1C#N)NCCc1ccc(F)cc1.I. The lowest BCUT2D eigenvalue weighted by atomic mass is 10.1. The fourth-order valence-electron chi connectivity index (χ4n) is 3.21. The number of rotatable bonds is 8. The first-order chi connectivity index (χ1) is 15.5. The molecule has 0 saturated heterocycles. The number of nitrogen functional groups attached to an aromatic ring is 1. The van der Waals surface area contributed by atoms with Gasteiger partial charge in [-0.2, -0.15) is 10.4 Å². The maximum absolute atomic E-state index is 13.2. The van der Waals surface area contributed by atoms with Gasteiger partial charge < -0.3 is 16.4 Å². The molecular weight excluding hydrogens is 539 g/mol. The third kappa shape index (κ3) is 7.15. The molecule has 1 aromatic heterocycles. The van der Waals surface area contributed by atoms with Crippen LogP contribution in [0, 0.1) is 23.0 Å². The number of nitrogens with zero attached hydrogens (tertiary/aromatic N) is 4. The first-order valence-electron chi connectivity index (χ1n) is 10.2. The van der Waals surface area contributed by atoms with E-state index in [1.165, 1.54) is 28.9 Å². The number of nitrogens with two attached hydrogens (primary N) is 1. The van der Waals surface area contributed by atoms with E-state index in [0.717, 1.165) is 12.0 Å². The van der Waals surface area contributed by atoms with Gasteiger partial charge in [-0.25, -0.2) is 13.5 Å². The molecule has 3 rings (SSSR count). The molecule has 7 nitrogen and oxygen atoms in total. The summed E-state index contributed by atoms with van der Waals surface area (Å²) in [6, 6.07) is 14.3. The van der Waals surface area contributed by atoms with Crippen LogP contribution >= 0.6 is 24.0 Å². The van der Waals surface area contributed by atoms with Gasteiger partial charge in [0.25, 0.3) is 0 Å². The highest BCUT2D eigenvalue weighted by atomic mass is 127. The van der Waals surface area contributed by atoms with E-state index in [2.05, 4.69) is 26.8 Å². The van der Waals surface area contributed by atoms with E-state index in [1.54, 1.807) is 31.3 Å². The molecule has 0 radical (unpaired) electrons. The van der Waals surface area contributed by atoms with Gasteiger partial charge in [-0.1, -0.05) is 12.1 Å². The smallest absolute Gasteiger partial charge is 0.190 e. The third-order valence-corrected chi connectivity index (χ3v) is 4.90. The van der Waals surface area contributed by atoms with Crippen molar-refractivity contribution in [2.75, 3.05) is 25.9 Å². The summed E-state index contributed by atoms with van der Waals surface area (Å²) >= 11 is 0. The van der Waals surface area contributed by atoms with E-state index in [-0.39, 0.29) is 41.4 Å². The zero-order chi connectivity index (χ0) is 22.9. The van der Waals surface area contributed by atoms with Gasteiger partial charge in [-0.05, 0) is 61.2 Å². The normalized spacial score (nSPS) is 10.9. The molecule has 1 heterocycles. The zero-order valence-electron chi connectivity index (χ0n) is 18.2. The van der Waals surface area contributed by atoms with Gasteiger partial charge in [0.1, 0.15) is 29.1 Å². The molecular formula is C23H26F2IN7. The summed E-state index contributed by atoms with van der Waals surface area (Å²) in [7, 11) is 1.69. The van der Waals surface area contributed by atoms with Crippen LogP contribution in [-0.2, 0) is 12.8 Å². The molecule has 0 aliphatic carbocycles. The van der Waals surface area contributed by atoms with Crippen LogP contribution in [0.2, 0.25) is 0 Å². The van der Waals surface area contributed by atoms with Gasteiger partial charge in [0.2, 0.25) is 0 Å². The Hall–Kier alpha value is -3.20. The Bertz CT molecular complexity index is 1100. The highest BCUT2D eigenvalue weighted by molar-refractivity contribution is 14.0. The Kier molecular flexibility index (Phi) is 10.1. The Morgan fingerprint density at radius 2 is 1.64 bits per heavy atom. The average molecular weight is 565 g/mol. The fraction of sp³-hybridized carbons (Fsp3) is 0.261. The summed E-state index contributed by atoms with van der Waals surface area (Å²) in [4.78, 5) is 4.19. The summed E-state index contributed by atoms with van der Waals surface area (Å²) < 4.78 is 27.6. The molecule has 33 heavy (non-hydrogen) atoms. The van der Waals surface area contributed by atoms with Crippen LogP contribution in [-0.4, -0.2) is 35.9 Å². The minimum absolute atomic E-state index is 0. The van der Waals surface area contributed by atoms with Crippen LogP contribution in [0.5, 0.6) is 0 Å². The van der Waals surface area contributed by atoms with Gasteiger partial charge in [0.05, 0.1) is 11.4 Å². The second-order valence-electron chi connectivity index (χ2n) is 7.11. The minimum atomic E-state index is -0.356. The minimum Gasteiger partial charge on any atom is -0.382 e. The van der Waals surface area contributed by atoms with Crippen molar-refractivity contribution in [1.82, 2.24) is 20.4 Å². The molecule has 0 amide bonds. The number of guanidine groups is 1. The Morgan fingerprint density at radius 1 is 1.03 bits per heavy atom. The summed E-state index contributed by atoms with van der Waals surface area (Å²) in [6.45, 7) is 1.27. The van der Waals surface area contributed by atoms with Gasteiger partial charge in [-0.3, -0.25) is 4.99 Å². The van der Waals surface area contributed by atoms with Crippen LogP contribution in [0.1, 0.15) is 23.2 Å². The van der Waals surface area contributed by atoms with E-state index in [4.69, 9.17) is 5.73 Å². The van der Waals surface area contributed by atoms with Crippen molar-refractivity contribution in [3.05, 3.63) is 77.0 Å². The van der Waals surface area contributed by atoms with E-state index < -0.39 is 0 Å². The van der Waals surface area contributed by atoms with Crippen LogP contribution in [0.4, 0.5) is 14.6 Å². The number of aromatic nitrogens is 2. The van der Waals surface area contributed by atoms with Gasteiger partial charge in [-0.15, -0.1) is 24.0 Å². The van der Waals surface area contributed by atoms with Gasteiger partial charge in [0, 0.05) is 20.1 Å². The highest BCUT2D eigenvalue weighted by Crippen LogP contribution is 2.21. The summed E-state index contributed by atoms with van der Waals surface area (Å²) in [5.74, 6) is 0.290. The zero-order valence-corrected chi connectivity index (χ0v) is 20.5. The molecule has 0 aliphatic heterocycles. The fourth-order valence-corrected chi connectivity index (χ4v) is 3.21. The molecule has 0 spiro atoms. The quantitative estimate of drug-likeness (QED) is 0.168. The lowest BCUT2D eigenvalue weighted by Gasteiger charge is -2.11. The van der Waals surface area contributed by atoms with E-state index in [1.807, 2.05) is 0 Å². The lowest BCUT2D eigenvalue weighted by Crippen LogP contribution is -2.38. The van der Waals surface area contributed by atoms with Crippen molar-refractivity contribution in [1.29, 1.82) is 5.26 Å². The van der Waals surface area contributed by atoms with E-state index >= 15 is 0 Å². The predicted molar refractivity (Wildman–Crippen MR) is 136 cm³/mol. The number of benzene rings is 2. The Morgan fingerprint density at radius 3 is 2.24 bits per heavy atom. The van der Waals surface area contributed by atoms with Crippen LogP contribution < -0.4 is 16.4 Å². The van der Waals surface area contributed by atoms with Crippen molar-refractivity contribution in [2.45, 2.75) is 19.3 Å².